The molecule has 0 atom stereocenters. The third-order valence-corrected chi connectivity index (χ3v) is 10.4. The standard InChI is InChI=1S/C30H34N2O7S2/c1-21-3-15-27(16-4-21)40(35,36)20-24-9-7-23(8-10-24)19-39-29(33)25-11-13-26(14-12-25)31-30(34)32-41(37,38)28-17-5-22(2)6-18-28/h3-6,11-18,23-24H,7-10,19-20H2,1-2H3,(H2,31,32,34). The maximum absolute atomic E-state index is 12.8. The molecule has 3 aromatic rings. The highest BCUT2D eigenvalue weighted by Gasteiger charge is 2.27. The van der Waals surface area contributed by atoms with E-state index in [0.717, 1.165) is 36.8 Å². The van der Waals surface area contributed by atoms with Crippen molar-refractivity contribution in [2.24, 2.45) is 11.8 Å². The number of anilines is 1. The van der Waals surface area contributed by atoms with E-state index in [2.05, 4.69) is 5.32 Å². The highest BCUT2D eigenvalue weighted by Crippen LogP contribution is 2.31. The fraction of sp³-hybridized carbons (Fsp3) is 0.333. The number of nitrogens with one attached hydrogen (secondary N) is 2. The molecule has 4 rings (SSSR count). The molecular formula is C30H34N2O7S2. The van der Waals surface area contributed by atoms with Gasteiger partial charge < -0.3 is 10.1 Å². The molecule has 0 aliphatic heterocycles. The lowest BCUT2D eigenvalue weighted by Gasteiger charge is -2.28. The smallest absolute Gasteiger partial charge is 0.338 e. The zero-order chi connectivity index (χ0) is 29.6. The van der Waals surface area contributed by atoms with Gasteiger partial charge in [0.05, 0.1) is 27.7 Å². The summed E-state index contributed by atoms with van der Waals surface area (Å²) in [4.78, 5) is 25.1. The number of sulfone groups is 1. The number of carbonyl (C=O) groups excluding carboxylic acids is 2. The van der Waals surface area contributed by atoms with E-state index in [4.69, 9.17) is 4.74 Å². The Bertz CT molecular complexity index is 1580. The minimum absolute atomic E-state index is 0.0305. The Morgan fingerprint density at radius 2 is 1.24 bits per heavy atom. The van der Waals surface area contributed by atoms with Gasteiger partial charge in [-0.15, -0.1) is 0 Å². The van der Waals surface area contributed by atoms with Gasteiger partial charge in [0.2, 0.25) is 0 Å². The van der Waals surface area contributed by atoms with Gasteiger partial charge in [-0.1, -0.05) is 35.4 Å². The number of urea groups is 1. The lowest BCUT2D eigenvalue weighted by Crippen LogP contribution is -2.34. The summed E-state index contributed by atoms with van der Waals surface area (Å²) in [5.41, 5.74) is 2.50. The van der Waals surface area contributed by atoms with Crippen LogP contribution in [0.5, 0.6) is 0 Å². The first-order valence-corrected chi connectivity index (χ1v) is 16.5. The second-order valence-electron chi connectivity index (χ2n) is 10.5. The Hall–Kier alpha value is -3.70. The van der Waals surface area contributed by atoms with Crippen molar-refractivity contribution in [2.45, 2.75) is 49.3 Å². The highest BCUT2D eigenvalue weighted by molar-refractivity contribution is 7.91. The number of sulfonamides is 1. The molecular weight excluding hydrogens is 564 g/mol. The minimum atomic E-state index is -4.03. The van der Waals surface area contributed by atoms with Crippen molar-refractivity contribution in [3.05, 3.63) is 89.5 Å². The Balaban J connectivity index is 1.21. The molecule has 0 heterocycles. The molecule has 41 heavy (non-hydrogen) atoms. The lowest BCUT2D eigenvalue weighted by atomic mass is 9.83. The van der Waals surface area contributed by atoms with Crippen molar-refractivity contribution in [2.75, 3.05) is 17.7 Å². The average molecular weight is 599 g/mol. The number of carbonyl (C=O) groups is 2. The number of rotatable bonds is 9. The predicted octanol–water partition coefficient (Wildman–Crippen LogP) is 5.25. The van der Waals surface area contributed by atoms with Gasteiger partial charge in [-0.2, -0.15) is 0 Å². The lowest BCUT2D eigenvalue weighted by molar-refractivity contribution is 0.0398. The van der Waals surface area contributed by atoms with Crippen LogP contribution in [0.2, 0.25) is 0 Å². The van der Waals surface area contributed by atoms with Crippen LogP contribution in [0, 0.1) is 25.7 Å². The van der Waals surface area contributed by atoms with Crippen molar-refractivity contribution in [3.8, 4) is 0 Å². The first-order valence-electron chi connectivity index (χ1n) is 13.4. The van der Waals surface area contributed by atoms with Crippen LogP contribution in [0.15, 0.2) is 82.6 Å². The molecule has 9 nitrogen and oxygen atoms in total. The number of esters is 1. The van der Waals surface area contributed by atoms with Gasteiger partial charge in [0, 0.05) is 5.69 Å². The van der Waals surface area contributed by atoms with E-state index in [1.54, 1.807) is 36.4 Å². The normalized spacial score (nSPS) is 17.4. The third kappa shape index (κ3) is 8.40. The van der Waals surface area contributed by atoms with E-state index >= 15 is 0 Å². The summed E-state index contributed by atoms with van der Waals surface area (Å²) in [7, 11) is -7.36. The summed E-state index contributed by atoms with van der Waals surface area (Å²) < 4.78 is 57.7. The van der Waals surface area contributed by atoms with Gasteiger partial charge >= 0.3 is 12.0 Å². The largest absolute Gasteiger partial charge is 0.462 e. The van der Waals surface area contributed by atoms with Crippen molar-refractivity contribution >= 4 is 37.5 Å². The van der Waals surface area contributed by atoms with Crippen LogP contribution in [0.3, 0.4) is 0 Å². The van der Waals surface area contributed by atoms with Crippen LogP contribution in [-0.4, -0.2) is 41.2 Å². The van der Waals surface area contributed by atoms with Crippen molar-refractivity contribution in [1.29, 1.82) is 0 Å². The van der Waals surface area contributed by atoms with Gasteiger partial charge in [-0.05, 0) is 99.9 Å². The summed E-state index contributed by atoms with van der Waals surface area (Å²) in [5, 5.41) is 2.44. The molecule has 0 saturated heterocycles. The molecule has 1 fully saturated rings. The van der Waals surface area contributed by atoms with Crippen molar-refractivity contribution in [3.63, 3.8) is 0 Å². The van der Waals surface area contributed by atoms with Crippen LogP contribution in [0.4, 0.5) is 10.5 Å². The molecule has 1 aliphatic rings. The predicted molar refractivity (Wildman–Crippen MR) is 156 cm³/mol. The first-order chi connectivity index (χ1) is 19.4. The van der Waals surface area contributed by atoms with Crippen LogP contribution >= 0.6 is 0 Å². The topological polar surface area (TPSA) is 136 Å². The van der Waals surface area contributed by atoms with Crippen LogP contribution in [0.1, 0.15) is 47.2 Å². The molecule has 2 N–H and O–H groups in total. The zero-order valence-electron chi connectivity index (χ0n) is 23.0. The fourth-order valence-electron chi connectivity index (χ4n) is 4.74. The summed E-state index contributed by atoms with van der Waals surface area (Å²) in [6.45, 7) is 3.99. The van der Waals surface area contributed by atoms with Gasteiger partial charge in [-0.25, -0.2) is 31.1 Å². The van der Waals surface area contributed by atoms with Crippen LogP contribution in [-0.2, 0) is 24.6 Å². The molecule has 0 bridgehead atoms. The van der Waals surface area contributed by atoms with E-state index in [1.807, 2.05) is 18.6 Å². The van der Waals surface area contributed by atoms with Gasteiger partial charge in [0.15, 0.2) is 9.84 Å². The number of benzene rings is 3. The zero-order valence-corrected chi connectivity index (χ0v) is 24.6. The quantitative estimate of drug-likeness (QED) is 0.321. The molecule has 3 aromatic carbocycles. The number of ether oxygens (including phenoxy) is 1. The fourth-order valence-corrected chi connectivity index (χ4v) is 7.34. The molecule has 2 amide bonds. The molecule has 1 aliphatic carbocycles. The van der Waals surface area contributed by atoms with E-state index in [-0.39, 0.29) is 29.1 Å². The second kappa shape index (κ2) is 12.9. The Morgan fingerprint density at radius 1 is 0.732 bits per heavy atom. The monoisotopic (exact) mass is 598 g/mol. The van der Waals surface area contributed by atoms with Crippen LogP contribution in [0.25, 0.3) is 0 Å². The van der Waals surface area contributed by atoms with Crippen LogP contribution < -0.4 is 10.0 Å². The molecule has 1 saturated carbocycles. The Morgan fingerprint density at radius 3 is 1.80 bits per heavy atom. The van der Waals surface area contributed by atoms with E-state index in [0.29, 0.717) is 16.1 Å². The highest BCUT2D eigenvalue weighted by atomic mass is 32.2. The van der Waals surface area contributed by atoms with E-state index in [9.17, 15) is 26.4 Å². The number of hydrogen-bond acceptors (Lipinski definition) is 7. The van der Waals surface area contributed by atoms with Gasteiger partial charge in [0.1, 0.15) is 0 Å². The average Bonchev–Trinajstić information content (AvgIpc) is 2.93. The molecule has 0 spiro atoms. The van der Waals surface area contributed by atoms with E-state index in [1.165, 1.54) is 36.4 Å². The molecule has 11 heteroatoms. The SMILES string of the molecule is Cc1ccc(S(=O)(=O)CC2CCC(COC(=O)c3ccc(NC(=O)NS(=O)(=O)c4ccc(C)cc4)cc3)CC2)cc1. The summed E-state index contributed by atoms with van der Waals surface area (Å²) in [5.74, 6) is -0.138. The summed E-state index contributed by atoms with van der Waals surface area (Å²) in [6.07, 6.45) is 3.08. The van der Waals surface area contributed by atoms with Crippen molar-refractivity contribution in [1.82, 2.24) is 4.72 Å². The number of aryl methyl sites for hydroxylation is 2. The van der Waals surface area contributed by atoms with E-state index < -0.39 is 31.9 Å². The summed E-state index contributed by atoms with van der Waals surface area (Å²) >= 11 is 0. The number of amides is 2. The third-order valence-electron chi connectivity index (χ3n) is 7.19. The molecule has 218 valence electrons. The summed E-state index contributed by atoms with van der Waals surface area (Å²) in [6, 6.07) is 18.0. The number of hydrogen-bond donors (Lipinski definition) is 2. The second-order valence-corrected chi connectivity index (χ2v) is 14.2. The minimum Gasteiger partial charge on any atom is -0.462 e. The molecule has 0 aromatic heterocycles. The maximum Gasteiger partial charge on any atom is 0.338 e. The van der Waals surface area contributed by atoms with Gasteiger partial charge in [0.25, 0.3) is 10.0 Å². The Kier molecular flexibility index (Phi) is 9.49. The first kappa shape index (κ1) is 30.3. The van der Waals surface area contributed by atoms with Crippen molar-refractivity contribution < 1.29 is 31.2 Å². The Labute approximate surface area is 241 Å². The molecule has 0 unspecified atom stereocenters. The molecule has 0 radical (unpaired) electrons. The van der Waals surface area contributed by atoms with Gasteiger partial charge in [-0.3, -0.25) is 0 Å². The maximum atomic E-state index is 12.8.